The lowest BCUT2D eigenvalue weighted by atomic mass is 9.70. The van der Waals surface area contributed by atoms with Crippen molar-refractivity contribution < 1.29 is 0 Å². The fourth-order valence-corrected chi connectivity index (χ4v) is 3.31. The number of nitrogens with two attached hydrogens (primary N) is 1. The van der Waals surface area contributed by atoms with Crippen LogP contribution >= 0.6 is 11.3 Å². The Bertz CT molecular complexity index is 355. The molecule has 0 amide bonds. The summed E-state index contributed by atoms with van der Waals surface area (Å²) in [5.41, 5.74) is 7.47. The zero-order chi connectivity index (χ0) is 11.1. The van der Waals surface area contributed by atoms with Gasteiger partial charge in [-0.15, -0.1) is 11.3 Å². The van der Waals surface area contributed by atoms with Gasteiger partial charge in [-0.25, -0.2) is 4.98 Å². The van der Waals surface area contributed by atoms with Crippen LogP contribution in [0.5, 0.6) is 0 Å². The first-order valence-electron chi connectivity index (χ1n) is 5.77. The SMILES string of the molecule is CCC(C)(C)[C@@H]1CCc2nc(N)sc2C1. The van der Waals surface area contributed by atoms with E-state index in [1.165, 1.54) is 29.8 Å². The van der Waals surface area contributed by atoms with Crippen LogP contribution in [0.2, 0.25) is 0 Å². The van der Waals surface area contributed by atoms with E-state index >= 15 is 0 Å². The zero-order valence-corrected chi connectivity index (χ0v) is 10.7. The number of nitrogen functional groups attached to an aromatic ring is 1. The number of thiazole rings is 1. The molecular weight excluding hydrogens is 204 g/mol. The Kier molecular flexibility index (Phi) is 2.75. The molecule has 84 valence electrons. The summed E-state index contributed by atoms with van der Waals surface area (Å²) in [6, 6.07) is 0. The minimum Gasteiger partial charge on any atom is -0.375 e. The van der Waals surface area contributed by atoms with Gasteiger partial charge in [0.2, 0.25) is 0 Å². The molecule has 0 radical (unpaired) electrons. The summed E-state index contributed by atoms with van der Waals surface area (Å²) in [5.74, 6) is 0.801. The zero-order valence-electron chi connectivity index (χ0n) is 9.84. The fourth-order valence-electron chi connectivity index (χ4n) is 2.35. The molecule has 1 aliphatic rings. The maximum atomic E-state index is 5.75. The number of hydrogen-bond donors (Lipinski definition) is 1. The summed E-state index contributed by atoms with van der Waals surface area (Å²) in [7, 11) is 0. The molecule has 2 rings (SSSR count). The molecule has 15 heavy (non-hydrogen) atoms. The van der Waals surface area contributed by atoms with Gasteiger partial charge in [-0.3, -0.25) is 0 Å². The average Bonchev–Trinajstić information content (AvgIpc) is 2.56. The van der Waals surface area contributed by atoms with E-state index in [-0.39, 0.29) is 0 Å². The van der Waals surface area contributed by atoms with E-state index in [2.05, 4.69) is 25.8 Å². The largest absolute Gasteiger partial charge is 0.375 e. The topological polar surface area (TPSA) is 38.9 Å². The van der Waals surface area contributed by atoms with Crippen molar-refractivity contribution in [2.24, 2.45) is 11.3 Å². The lowest BCUT2D eigenvalue weighted by Gasteiger charge is -2.35. The summed E-state index contributed by atoms with van der Waals surface area (Å²) in [4.78, 5) is 5.83. The molecule has 0 saturated carbocycles. The third kappa shape index (κ3) is 2.03. The summed E-state index contributed by atoms with van der Waals surface area (Å²) in [5, 5.41) is 0.745. The summed E-state index contributed by atoms with van der Waals surface area (Å²) < 4.78 is 0. The van der Waals surface area contributed by atoms with Gasteiger partial charge in [0, 0.05) is 4.88 Å². The first-order chi connectivity index (χ1) is 7.03. The van der Waals surface area contributed by atoms with Crippen molar-refractivity contribution in [3.63, 3.8) is 0 Å². The number of aryl methyl sites for hydroxylation is 1. The van der Waals surface area contributed by atoms with Gasteiger partial charge in [0.15, 0.2) is 5.13 Å². The Balaban J connectivity index is 2.18. The molecule has 0 fully saturated rings. The van der Waals surface area contributed by atoms with E-state index in [9.17, 15) is 0 Å². The molecule has 1 aliphatic carbocycles. The number of rotatable bonds is 2. The highest BCUT2D eigenvalue weighted by Crippen LogP contribution is 2.41. The third-order valence-corrected chi connectivity index (χ3v) is 4.92. The molecule has 0 aromatic carbocycles. The van der Waals surface area contributed by atoms with Crippen LogP contribution in [0, 0.1) is 11.3 Å². The van der Waals surface area contributed by atoms with E-state index < -0.39 is 0 Å². The molecule has 1 heterocycles. The monoisotopic (exact) mass is 224 g/mol. The number of hydrogen-bond acceptors (Lipinski definition) is 3. The minimum absolute atomic E-state index is 0.455. The van der Waals surface area contributed by atoms with Gasteiger partial charge in [-0.05, 0) is 30.6 Å². The Hall–Kier alpha value is -0.570. The highest BCUT2D eigenvalue weighted by Gasteiger charge is 2.32. The van der Waals surface area contributed by atoms with E-state index in [1.807, 2.05) is 0 Å². The van der Waals surface area contributed by atoms with Gasteiger partial charge in [0.1, 0.15) is 0 Å². The van der Waals surface area contributed by atoms with Crippen molar-refractivity contribution in [2.45, 2.75) is 46.5 Å². The van der Waals surface area contributed by atoms with Gasteiger partial charge < -0.3 is 5.73 Å². The minimum atomic E-state index is 0.455. The predicted molar refractivity (Wildman–Crippen MR) is 66.1 cm³/mol. The quantitative estimate of drug-likeness (QED) is 0.837. The maximum absolute atomic E-state index is 5.75. The number of nitrogens with zero attached hydrogens (tertiary/aromatic N) is 1. The lowest BCUT2D eigenvalue weighted by Crippen LogP contribution is -2.28. The highest BCUT2D eigenvalue weighted by atomic mass is 32.1. The lowest BCUT2D eigenvalue weighted by molar-refractivity contribution is 0.183. The molecule has 0 aliphatic heterocycles. The van der Waals surface area contributed by atoms with Crippen molar-refractivity contribution in [1.82, 2.24) is 4.98 Å². The van der Waals surface area contributed by atoms with Crippen LogP contribution in [-0.4, -0.2) is 4.98 Å². The van der Waals surface area contributed by atoms with E-state index in [1.54, 1.807) is 11.3 Å². The third-order valence-electron chi connectivity index (χ3n) is 3.97. The average molecular weight is 224 g/mol. The van der Waals surface area contributed by atoms with Crippen LogP contribution in [-0.2, 0) is 12.8 Å². The van der Waals surface area contributed by atoms with E-state index in [0.717, 1.165) is 17.5 Å². The Morgan fingerprint density at radius 3 is 2.93 bits per heavy atom. The number of anilines is 1. The summed E-state index contributed by atoms with van der Waals surface area (Å²) in [6.07, 6.45) is 4.83. The molecule has 0 spiro atoms. The van der Waals surface area contributed by atoms with Crippen molar-refractivity contribution in [3.8, 4) is 0 Å². The molecular formula is C12H20N2S. The van der Waals surface area contributed by atoms with Crippen LogP contribution in [0.15, 0.2) is 0 Å². The van der Waals surface area contributed by atoms with Gasteiger partial charge in [-0.2, -0.15) is 0 Å². The Labute approximate surface area is 95.9 Å². The van der Waals surface area contributed by atoms with Crippen molar-refractivity contribution in [2.75, 3.05) is 5.73 Å². The van der Waals surface area contributed by atoms with Gasteiger partial charge in [0.25, 0.3) is 0 Å². The fraction of sp³-hybridized carbons (Fsp3) is 0.750. The molecule has 0 saturated heterocycles. The van der Waals surface area contributed by atoms with Crippen LogP contribution < -0.4 is 5.73 Å². The Morgan fingerprint density at radius 2 is 2.27 bits per heavy atom. The summed E-state index contributed by atoms with van der Waals surface area (Å²) >= 11 is 1.69. The molecule has 1 aromatic rings. The van der Waals surface area contributed by atoms with Crippen molar-refractivity contribution in [3.05, 3.63) is 10.6 Å². The van der Waals surface area contributed by atoms with E-state index in [0.29, 0.717) is 5.41 Å². The molecule has 3 heteroatoms. The van der Waals surface area contributed by atoms with Crippen LogP contribution in [0.25, 0.3) is 0 Å². The molecule has 2 N–H and O–H groups in total. The number of fused-ring (bicyclic) bond motifs is 1. The smallest absolute Gasteiger partial charge is 0.180 e. The highest BCUT2D eigenvalue weighted by molar-refractivity contribution is 7.15. The maximum Gasteiger partial charge on any atom is 0.180 e. The van der Waals surface area contributed by atoms with Gasteiger partial charge >= 0.3 is 0 Å². The molecule has 2 nitrogen and oxygen atoms in total. The predicted octanol–water partition coefficient (Wildman–Crippen LogP) is 3.27. The first-order valence-corrected chi connectivity index (χ1v) is 6.58. The first kappa shape index (κ1) is 10.9. The number of aromatic nitrogens is 1. The van der Waals surface area contributed by atoms with Gasteiger partial charge in [-0.1, -0.05) is 27.2 Å². The van der Waals surface area contributed by atoms with Gasteiger partial charge in [0.05, 0.1) is 5.69 Å². The van der Waals surface area contributed by atoms with Crippen LogP contribution in [0.4, 0.5) is 5.13 Å². The summed E-state index contributed by atoms with van der Waals surface area (Å²) in [6.45, 7) is 7.05. The van der Waals surface area contributed by atoms with Crippen molar-refractivity contribution in [1.29, 1.82) is 0 Å². The second kappa shape index (κ2) is 3.78. The Morgan fingerprint density at radius 1 is 1.53 bits per heavy atom. The van der Waals surface area contributed by atoms with Crippen LogP contribution in [0.3, 0.4) is 0 Å². The van der Waals surface area contributed by atoms with E-state index in [4.69, 9.17) is 5.73 Å². The molecule has 1 atom stereocenters. The molecule has 0 unspecified atom stereocenters. The standard InChI is InChI=1S/C12H20N2S/c1-4-12(2,3)8-5-6-9-10(7-8)15-11(13)14-9/h8H,4-7H2,1-3H3,(H2,13,14)/t8-/m1/s1. The molecule has 1 aromatic heterocycles. The normalized spacial score (nSPS) is 21.4. The van der Waals surface area contributed by atoms with Crippen LogP contribution in [0.1, 0.15) is 44.2 Å². The second-order valence-electron chi connectivity index (χ2n) is 5.20. The molecule has 0 bridgehead atoms. The second-order valence-corrected chi connectivity index (χ2v) is 6.32. The van der Waals surface area contributed by atoms with Crippen molar-refractivity contribution >= 4 is 16.5 Å².